The highest BCUT2D eigenvalue weighted by Crippen LogP contribution is 2.18. The van der Waals surface area contributed by atoms with Gasteiger partial charge in [0.2, 0.25) is 0 Å². The van der Waals surface area contributed by atoms with E-state index in [1.54, 1.807) is 31.2 Å². The number of carbonyl (C=O) groups excluding carboxylic acids is 2. The molecular formula is C20H20N4O2. The van der Waals surface area contributed by atoms with Gasteiger partial charge >= 0.3 is 0 Å². The van der Waals surface area contributed by atoms with Crippen molar-refractivity contribution in [3.05, 3.63) is 70.5 Å². The molecule has 132 valence electrons. The van der Waals surface area contributed by atoms with Crippen molar-refractivity contribution < 1.29 is 9.59 Å². The quantitative estimate of drug-likeness (QED) is 0.730. The lowest BCUT2D eigenvalue weighted by molar-refractivity contribution is 0.101. The minimum atomic E-state index is -0.396. The number of nitrogens with one attached hydrogen (secondary N) is 1. The summed E-state index contributed by atoms with van der Waals surface area (Å²) in [6, 6.07) is 12.8. The number of carbonyl (C=O) groups is 2. The van der Waals surface area contributed by atoms with Gasteiger partial charge in [0.15, 0.2) is 11.5 Å². The van der Waals surface area contributed by atoms with E-state index >= 15 is 0 Å². The van der Waals surface area contributed by atoms with Crippen LogP contribution in [-0.4, -0.2) is 26.7 Å². The maximum Gasteiger partial charge on any atom is 0.278 e. The van der Waals surface area contributed by atoms with Gasteiger partial charge in [-0.25, -0.2) is 0 Å². The normalized spacial score (nSPS) is 10.6. The van der Waals surface area contributed by atoms with Crippen LogP contribution in [0.2, 0.25) is 0 Å². The second kappa shape index (κ2) is 6.92. The molecule has 2 aromatic carbocycles. The van der Waals surface area contributed by atoms with Gasteiger partial charge < -0.3 is 5.32 Å². The molecule has 0 spiro atoms. The number of amides is 1. The summed E-state index contributed by atoms with van der Waals surface area (Å²) < 4.78 is 0. The van der Waals surface area contributed by atoms with Crippen LogP contribution in [0.1, 0.15) is 44.6 Å². The number of aromatic nitrogens is 3. The molecule has 3 rings (SSSR count). The van der Waals surface area contributed by atoms with Gasteiger partial charge in [-0.15, -0.1) is 5.10 Å². The summed E-state index contributed by atoms with van der Waals surface area (Å²) >= 11 is 0. The second-order valence-electron chi connectivity index (χ2n) is 6.27. The Morgan fingerprint density at radius 2 is 1.73 bits per heavy atom. The fourth-order valence-electron chi connectivity index (χ4n) is 2.81. The highest BCUT2D eigenvalue weighted by Gasteiger charge is 2.19. The first-order valence-corrected chi connectivity index (χ1v) is 8.29. The minimum absolute atomic E-state index is 0.114. The van der Waals surface area contributed by atoms with E-state index in [9.17, 15) is 9.59 Å². The number of nitrogens with zero attached hydrogens (tertiary/aromatic N) is 3. The van der Waals surface area contributed by atoms with Crippen LogP contribution >= 0.6 is 0 Å². The van der Waals surface area contributed by atoms with Crippen LogP contribution in [0.4, 0.5) is 5.69 Å². The Kier molecular flexibility index (Phi) is 4.67. The molecule has 0 aliphatic heterocycles. The van der Waals surface area contributed by atoms with Crippen molar-refractivity contribution >= 4 is 17.4 Å². The average molecular weight is 348 g/mol. The molecule has 0 aliphatic rings. The van der Waals surface area contributed by atoms with Gasteiger partial charge in [-0.05, 0) is 51.5 Å². The van der Waals surface area contributed by atoms with Crippen molar-refractivity contribution in [2.24, 2.45) is 0 Å². The third-order valence-electron chi connectivity index (χ3n) is 4.12. The number of hydrogen-bond donors (Lipinski definition) is 1. The summed E-state index contributed by atoms with van der Waals surface area (Å²) in [7, 11) is 0. The van der Waals surface area contributed by atoms with E-state index in [4.69, 9.17) is 0 Å². The maximum absolute atomic E-state index is 12.7. The lowest BCUT2D eigenvalue weighted by atomic mass is 10.1. The van der Waals surface area contributed by atoms with Gasteiger partial charge in [0, 0.05) is 5.56 Å². The lowest BCUT2D eigenvalue weighted by Gasteiger charge is -2.08. The van der Waals surface area contributed by atoms with Crippen molar-refractivity contribution in [1.82, 2.24) is 15.0 Å². The molecule has 3 aromatic rings. The molecule has 0 bridgehead atoms. The fourth-order valence-corrected chi connectivity index (χ4v) is 2.81. The molecule has 0 atom stereocenters. The molecule has 1 N–H and O–H groups in total. The molecular weight excluding hydrogens is 328 g/mol. The van der Waals surface area contributed by atoms with Gasteiger partial charge in [-0.1, -0.05) is 29.8 Å². The Bertz CT molecular complexity index is 1000. The molecule has 0 unspecified atom stereocenters. The predicted octanol–water partition coefficient (Wildman–Crippen LogP) is 3.65. The SMILES string of the molecule is CC(=O)c1ccccc1NC(=O)c1nn(-c2ccc(C)cc2C)nc1C. The van der Waals surface area contributed by atoms with Crippen LogP contribution in [0, 0.1) is 20.8 Å². The summed E-state index contributed by atoms with van der Waals surface area (Å²) in [5.41, 5.74) is 4.65. The number of benzene rings is 2. The molecule has 0 saturated carbocycles. The zero-order valence-corrected chi connectivity index (χ0v) is 15.2. The van der Waals surface area contributed by atoms with Gasteiger partial charge in [-0.2, -0.15) is 9.90 Å². The lowest BCUT2D eigenvalue weighted by Crippen LogP contribution is -2.16. The molecule has 0 saturated heterocycles. The first kappa shape index (κ1) is 17.5. The number of hydrogen-bond acceptors (Lipinski definition) is 4. The van der Waals surface area contributed by atoms with Gasteiger partial charge in [-0.3, -0.25) is 9.59 Å². The zero-order chi connectivity index (χ0) is 18.8. The topological polar surface area (TPSA) is 76.9 Å². The van der Waals surface area contributed by atoms with E-state index in [2.05, 4.69) is 15.5 Å². The molecule has 6 nitrogen and oxygen atoms in total. The first-order chi connectivity index (χ1) is 12.4. The summed E-state index contributed by atoms with van der Waals surface area (Å²) in [5.74, 6) is -0.510. The monoisotopic (exact) mass is 348 g/mol. The summed E-state index contributed by atoms with van der Waals surface area (Å²) in [6.45, 7) is 7.19. The fraction of sp³-hybridized carbons (Fsp3) is 0.200. The van der Waals surface area contributed by atoms with Crippen molar-refractivity contribution in [2.45, 2.75) is 27.7 Å². The largest absolute Gasteiger partial charge is 0.320 e. The Balaban J connectivity index is 1.92. The summed E-state index contributed by atoms with van der Waals surface area (Å²) in [4.78, 5) is 25.8. The van der Waals surface area contributed by atoms with Crippen LogP contribution in [0.25, 0.3) is 5.69 Å². The molecule has 1 aromatic heterocycles. The van der Waals surface area contributed by atoms with Crippen molar-refractivity contribution in [3.8, 4) is 5.69 Å². The van der Waals surface area contributed by atoms with Crippen LogP contribution in [-0.2, 0) is 0 Å². The van der Waals surface area contributed by atoms with Crippen LogP contribution < -0.4 is 5.32 Å². The second-order valence-corrected chi connectivity index (χ2v) is 6.27. The zero-order valence-electron chi connectivity index (χ0n) is 15.2. The average Bonchev–Trinajstić information content (AvgIpc) is 2.96. The summed E-state index contributed by atoms with van der Waals surface area (Å²) in [5, 5.41) is 11.5. The first-order valence-electron chi connectivity index (χ1n) is 8.29. The molecule has 1 heterocycles. The van der Waals surface area contributed by atoms with E-state index in [0.29, 0.717) is 16.9 Å². The minimum Gasteiger partial charge on any atom is -0.320 e. The van der Waals surface area contributed by atoms with Gasteiger partial charge in [0.1, 0.15) is 0 Å². The van der Waals surface area contributed by atoms with E-state index in [1.807, 2.05) is 32.0 Å². The standard InChI is InChI=1S/C20H20N4O2/c1-12-9-10-18(13(2)11-12)24-22-14(3)19(23-24)20(26)21-17-8-6-5-7-16(17)15(4)25/h5-11H,1-4H3,(H,21,26). The number of Topliss-reactive ketones (excluding diaryl/α,β-unsaturated/α-hetero) is 1. The van der Waals surface area contributed by atoms with Gasteiger partial charge in [0.05, 0.1) is 17.1 Å². The Labute approximate surface area is 151 Å². The van der Waals surface area contributed by atoms with Crippen molar-refractivity contribution in [2.75, 3.05) is 5.32 Å². The number of ketones is 1. The molecule has 0 fully saturated rings. The molecule has 1 amide bonds. The van der Waals surface area contributed by atoms with Crippen molar-refractivity contribution in [1.29, 1.82) is 0 Å². The number of para-hydroxylation sites is 1. The Morgan fingerprint density at radius 1 is 1.00 bits per heavy atom. The van der Waals surface area contributed by atoms with E-state index in [1.165, 1.54) is 11.7 Å². The van der Waals surface area contributed by atoms with Crippen LogP contribution in [0.5, 0.6) is 0 Å². The smallest absolute Gasteiger partial charge is 0.278 e. The third-order valence-corrected chi connectivity index (χ3v) is 4.12. The highest BCUT2D eigenvalue weighted by molar-refractivity contribution is 6.08. The number of rotatable bonds is 4. The van der Waals surface area contributed by atoms with Crippen LogP contribution in [0.15, 0.2) is 42.5 Å². The van der Waals surface area contributed by atoms with Crippen molar-refractivity contribution in [3.63, 3.8) is 0 Å². The molecule has 26 heavy (non-hydrogen) atoms. The van der Waals surface area contributed by atoms with Crippen LogP contribution in [0.3, 0.4) is 0 Å². The highest BCUT2D eigenvalue weighted by atomic mass is 16.2. The predicted molar refractivity (Wildman–Crippen MR) is 100.0 cm³/mol. The molecule has 0 aliphatic carbocycles. The van der Waals surface area contributed by atoms with E-state index in [-0.39, 0.29) is 11.5 Å². The number of anilines is 1. The van der Waals surface area contributed by atoms with E-state index < -0.39 is 5.91 Å². The van der Waals surface area contributed by atoms with E-state index in [0.717, 1.165) is 16.8 Å². The van der Waals surface area contributed by atoms with Gasteiger partial charge in [0.25, 0.3) is 5.91 Å². The molecule has 6 heteroatoms. The Morgan fingerprint density at radius 3 is 2.42 bits per heavy atom. The maximum atomic E-state index is 12.7. The molecule has 0 radical (unpaired) electrons. The third kappa shape index (κ3) is 3.39. The Hall–Kier alpha value is -3.28. The summed E-state index contributed by atoms with van der Waals surface area (Å²) in [6.07, 6.45) is 0. The number of aryl methyl sites for hydroxylation is 3.